The summed E-state index contributed by atoms with van der Waals surface area (Å²) in [6.07, 6.45) is 0. The molecule has 4 amide bonds. The molecular formula is C15H19N3O3. The van der Waals surface area contributed by atoms with Crippen molar-refractivity contribution in [2.45, 2.75) is 26.8 Å². The van der Waals surface area contributed by atoms with Gasteiger partial charge in [-0.15, -0.1) is 0 Å². The normalized spacial score (nSPS) is 18.3. The fourth-order valence-corrected chi connectivity index (χ4v) is 2.31. The monoisotopic (exact) mass is 289 g/mol. The van der Waals surface area contributed by atoms with E-state index in [-0.39, 0.29) is 18.4 Å². The Bertz CT molecular complexity index is 568. The van der Waals surface area contributed by atoms with E-state index < -0.39 is 12.1 Å². The van der Waals surface area contributed by atoms with Crippen molar-refractivity contribution < 1.29 is 14.4 Å². The van der Waals surface area contributed by atoms with Gasteiger partial charge in [-0.1, -0.05) is 17.7 Å². The summed E-state index contributed by atoms with van der Waals surface area (Å²) in [5, 5.41) is 2.59. The summed E-state index contributed by atoms with van der Waals surface area (Å²) in [6, 6.07) is 6.30. The van der Waals surface area contributed by atoms with Crippen LogP contribution in [-0.4, -0.2) is 41.9 Å². The third kappa shape index (κ3) is 2.89. The fourth-order valence-electron chi connectivity index (χ4n) is 2.31. The van der Waals surface area contributed by atoms with Crippen LogP contribution < -0.4 is 10.2 Å². The number of hydrogen-bond donors (Lipinski definition) is 1. The summed E-state index contributed by atoms with van der Waals surface area (Å²) >= 11 is 0. The number of nitrogens with zero attached hydrogens (tertiary/aromatic N) is 2. The van der Waals surface area contributed by atoms with Crippen LogP contribution in [0.4, 0.5) is 10.5 Å². The Morgan fingerprint density at radius 3 is 2.43 bits per heavy atom. The fraction of sp³-hybridized carbons (Fsp3) is 0.400. The Kier molecular flexibility index (Phi) is 4.26. The molecule has 0 radical (unpaired) electrons. The smallest absolute Gasteiger partial charge is 0.332 e. The minimum absolute atomic E-state index is 0.238. The molecule has 1 saturated heterocycles. The second-order valence-electron chi connectivity index (χ2n) is 5.04. The van der Waals surface area contributed by atoms with Crippen LogP contribution in [-0.2, 0) is 9.59 Å². The van der Waals surface area contributed by atoms with Gasteiger partial charge in [0.1, 0.15) is 12.6 Å². The van der Waals surface area contributed by atoms with Crippen molar-refractivity contribution in [2.75, 3.05) is 18.0 Å². The number of imide groups is 1. The third-order valence-corrected chi connectivity index (χ3v) is 3.44. The summed E-state index contributed by atoms with van der Waals surface area (Å²) in [4.78, 5) is 38.6. The highest BCUT2D eigenvalue weighted by Crippen LogP contribution is 2.25. The largest absolute Gasteiger partial charge is 0.355 e. The Labute approximate surface area is 123 Å². The number of nitrogens with one attached hydrogen (secondary N) is 1. The summed E-state index contributed by atoms with van der Waals surface area (Å²) < 4.78 is 0. The van der Waals surface area contributed by atoms with Gasteiger partial charge in [-0.3, -0.25) is 19.4 Å². The number of likely N-dealkylation sites (N-methyl/N-ethyl adjacent to an activating group) is 1. The number of carbonyl (C=O) groups is 3. The van der Waals surface area contributed by atoms with Gasteiger partial charge in [-0.25, -0.2) is 4.79 Å². The summed E-state index contributed by atoms with van der Waals surface area (Å²) in [5.41, 5.74) is 1.73. The van der Waals surface area contributed by atoms with Crippen molar-refractivity contribution in [1.29, 1.82) is 0 Å². The van der Waals surface area contributed by atoms with Crippen LogP contribution in [0.5, 0.6) is 0 Å². The lowest BCUT2D eigenvalue weighted by atomic mass is 10.2. The number of carbonyl (C=O) groups excluding carboxylic acids is 3. The van der Waals surface area contributed by atoms with Crippen LogP contribution in [0.1, 0.15) is 19.4 Å². The first-order valence-corrected chi connectivity index (χ1v) is 6.93. The molecule has 1 aromatic carbocycles. The predicted molar refractivity (Wildman–Crippen MR) is 78.9 cm³/mol. The highest BCUT2D eigenvalue weighted by molar-refractivity contribution is 6.15. The molecule has 1 heterocycles. The van der Waals surface area contributed by atoms with Gasteiger partial charge in [0.15, 0.2) is 0 Å². The number of hydrogen-bond acceptors (Lipinski definition) is 3. The molecule has 0 aliphatic carbocycles. The highest BCUT2D eigenvalue weighted by atomic mass is 16.2. The van der Waals surface area contributed by atoms with Gasteiger partial charge in [0, 0.05) is 12.2 Å². The van der Waals surface area contributed by atoms with Gasteiger partial charge in [0.25, 0.3) is 5.91 Å². The van der Waals surface area contributed by atoms with E-state index in [0.717, 1.165) is 10.5 Å². The predicted octanol–water partition coefficient (Wildman–Crippen LogP) is 1.29. The average Bonchev–Trinajstić information content (AvgIpc) is 2.65. The molecule has 0 unspecified atom stereocenters. The Hall–Kier alpha value is -2.37. The van der Waals surface area contributed by atoms with Gasteiger partial charge in [-0.05, 0) is 32.9 Å². The highest BCUT2D eigenvalue weighted by Gasteiger charge is 2.43. The lowest BCUT2D eigenvalue weighted by Gasteiger charge is -2.19. The van der Waals surface area contributed by atoms with Crippen molar-refractivity contribution in [2.24, 2.45) is 0 Å². The summed E-state index contributed by atoms with van der Waals surface area (Å²) in [5.74, 6) is -0.691. The van der Waals surface area contributed by atoms with Gasteiger partial charge in [-0.2, -0.15) is 0 Å². The maximum Gasteiger partial charge on any atom is 0.332 e. The maximum atomic E-state index is 12.4. The molecule has 1 aliphatic rings. The Morgan fingerprint density at radius 1 is 1.24 bits per heavy atom. The van der Waals surface area contributed by atoms with Crippen LogP contribution in [0.25, 0.3) is 0 Å². The topological polar surface area (TPSA) is 69.7 Å². The second-order valence-corrected chi connectivity index (χ2v) is 5.04. The van der Waals surface area contributed by atoms with Crippen LogP contribution in [0.15, 0.2) is 24.3 Å². The van der Waals surface area contributed by atoms with Crippen LogP contribution in [0, 0.1) is 6.92 Å². The van der Waals surface area contributed by atoms with Gasteiger partial charge in [0.2, 0.25) is 5.91 Å². The van der Waals surface area contributed by atoms with Crippen LogP contribution in [0.2, 0.25) is 0 Å². The second kappa shape index (κ2) is 5.95. The zero-order chi connectivity index (χ0) is 15.6. The van der Waals surface area contributed by atoms with E-state index in [0.29, 0.717) is 12.2 Å². The number of amides is 4. The average molecular weight is 289 g/mol. The van der Waals surface area contributed by atoms with E-state index in [1.54, 1.807) is 26.0 Å². The third-order valence-electron chi connectivity index (χ3n) is 3.44. The summed E-state index contributed by atoms with van der Waals surface area (Å²) in [6.45, 7) is 5.63. The van der Waals surface area contributed by atoms with Crippen LogP contribution in [0.3, 0.4) is 0 Å². The number of benzene rings is 1. The van der Waals surface area contributed by atoms with Gasteiger partial charge in [0.05, 0.1) is 0 Å². The van der Waals surface area contributed by atoms with E-state index in [9.17, 15) is 14.4 Å². The van der Waals surface area contributed by atoms with E-state index in [2.05, 4.69) is 5.32 Å². The summed E-state index contributed by atoms with van der Waals surface area (Å²) in [7, 11) is 0. The SMILES string of the molecule is CCNC(=O)CN1C(=O)[C@@H](C)N(c2ccc(C)cc2)C1=O. The minimum Gasteiger partial charge on any atom is -0.355 e. The van der Waals surface area contributed by atoms with E-state index in [1.807, 2.05) is 19.1 Å². The number of rotatable bonds is 4. The quantitative estimate of drug-likeness (QED) is 0.849. The van der Waals surface area contributed by atoms with Crippen LogP contribution >= 0.6 is 0 Å². The lowest BCUT2D eigenvalue weighted by Crippen LogP contribution is -2.41. The van der Waals surface area contributed by atoms with E-state index in [1.165, 1.54) is 4.90 Å². The van der Waals surface area contributed by atoms with E-state index in [4.69, 9.17) is 0 Å². The minimum atomic E-state index is -0.602. The van der Waals surface area contributed by atoms with Crippen molar-refractivity contribution in [3.8, 4) is 0 Å². The molecule has 1 atom stereocenters. The molecule has 6 heteroatoms. The molecule has 1 aliphatic heterocycles. The van der Waals surface area contributed by atoms with Gasteiger partial charge >= 0.3 is 6.03 Å². The molecule has 1 fully saturated rings. The molecule has 6 nitrogen and oxygen atoms in total. The lowest BCUT2D eigenvalue weighted by molar-refractivity contribution is -0.131. The molecule has 112 valence electrons. The molecule has 1 N–H and O–H groups in total. The van der Waals surface area contributed by atoms with Crippen molar-refractivity contribution in [3.05, 3.63) is 29.8 Å². The number of aryl methyl sites for hydroxylation is 1. The number of urea groups is 1. The van der Waals surface area contributed by atoms with E-state index >= 15 is 0 Å². The standard InChI is InChI=1S/C15H19N3O3/c1-4-16-13(19)9-17-14(20)11(3)18(15(17)21)12-7-5-10(2)6-8-12/h5-8,11H,4,9H2,1-3H3,(H,16,19)/t11-/m1/s1. The molecule has 21 heavy (non-hydrogen) atoms. The molecular weight excluding hydrogens is 270 g/mol. The Morgan fingerprint density at radius 2 is 1.86 bits per heavy atom. The maximum absolute atomic E-state index is 12.4. The molecule has 0 aromatic heterocycles. The first-order valence-electron chi connectivity index (χ1n) is 6.93. The molecule has 0 bridgehead atoms. The zero-order valence-corrected chi connectivity index (χ0v) is 12.4. The molecule has 0 spiro atoms. The van der Waals surface area contributed by atoms with Crippen molar-refractivity contribution >= 4 is 23.5 Å². The van der Waals surface area contributed by atoms with Crippen molar-refractivity contribution in [3.63, 3.8) is 0 Å². The van der Waals surface area contributed by atoms with Gasteiger partial charge < -0.3 is 5.32 Å². The zero-order valence-electron chi connectivity index (χ0n) is 12.4. The first-order chi connectivity index (χ1) is 9.95. The molecule has 2 rings (SSSR count). The number of anilines is 1. The molecule has 0 saturated carbocycles. The van der Waals surface area contributed by atoms with Crippen molar-refractivity contribution in [1.82, 2.24) is 10.2 Å². The Balaban J connectivity index is 2.21. The first kappa shape index (κ1) is 15.0. The molecule has 1 aromatic rings.